The quantitative estimate of drug-likeness (QED) is 0.00308. The number of imide groups is 4. The lowest BCUT2D eigenvalue weighted by molar-refractivity contribution is -0.150. The Kier molecular flexibility index (Phi) is 51.2. The summed E-state index contributed by atoms with van der Waals surface area (Å²) in [6.07, 6.45) is 12.0. The van der Waals surface area contributed by atoms with E-state index in [2.05, 4.69) is 9.47 Å². The van der Waals surface area contributed by atoms with Crippen LogP contribution in [0.15, 0.2) is 328 Å². The van der Waals surface area contributed by atoms with Crippen molar-refractivity contribution in [3.8, 4) is 28.7 Å². The van der Waals surface area contributed by atoms with E-state index >= 15 is 0 Å². The number of anilines is 5. The summed E-state index contributed by atoms with van der Waals surface area (Å²) in [4.78, 5) is 116. The van der Waals surface area contributed by atoms with Crippen LogP contribution in [0.5, 0.6) is 28.7 Å². The van der Waals surface area contributed by atoms with Crippen LogP contribution in [0.1, 0.15) is 29.2 Å². The first kappa shape index (κ1) is 122. The van der Waals surface area contributed by atoms with Gasteiger partial charge in [-0.2, -0.15) is 33.7 Å². The van der Waals surface area contributed by atoms with E-state index in [0.29, 0.717) is 79.6 Å². The number of amides is 8. The number of ether oxygens (including phenoxy) is 7. The summed E-state index contributed by atoms with van der Waals surface area (Å²) < 4.78 is 188. The van der Waals surface area contributed by atoms with Gasteiger partial charge in [0, 0.05) is 77.1 Å². The van der Waals surface area contributed by atoms with Gasteiger partial charge in [-0.3, -0.25) is 59.5 Å². The highest BCUT2D eigenvalue weighted by Crippen LogP contribution is 2.28. The highest BCUT2D eigenvalue weighted by atomic mass is 35.7. The molecule has 150 heavy (non-hydrogen) atoms. The Morgan fingerprint density at radius 2 is 0.480 bits per heavy atom. The van der Waals surface area contributed by atoms with Gasteiger partial charge >= 0.3 is 11.9 Å². The van der Waals surface area contributed by atoms with Gasteiger partial charge in [0.2, 0.25) is 0 Å². The van der Waals surface area contributed by atoms with Crippen molar-refractivity contribution in [2.24, 2.45) is 0 Å². The predicted molar refractivity (Wildman–Crippen MR) is 545 cm³/mol. The Bertz CT molecular complexity index is 6340. The molecule has 5 aliphatic heterocycles. The van der Waals surface area contributed by atoms with Crippen LogP contribution in [-0.2, 0) is 138 Å². The molecule has 5 heterocycles. The first-order valence-electron chi connectivity index (χ1n) is 44.9. The number of nitrogens with zero attached hydrogens (tertiary/aromatic N) is 4. The number of hydrogen-bond donors (Lipinski definition) is 6. The zero-order valence-electron chi connectivity index (χ0n) is 81.9. The molecule has 10 aromatic rings. The molecule has 15 rings (SSSR count). The molecule has 0 bridgehead atoms. The average Bonchev–Trinajstić information content (AvgIpc) is 1.80. The predicted octanol–water partition coefficient (Wildman–Crippen LogP) is 10.6. The van der Waals surface area contributed by atoms with E-state index in [-0.39, 0.29) is 155 Å². The summed E-state index contributed by atoms with van der Waals surface area (Å²) in [5.41, 5.74) is 12.7. The minimum Gasteiger partial charge on any atom is -0.508 e. The molecule has 0 spiro atoms. The molecule has 7 N–H and O–H groups in total. The summed E-state index contributed by atoms with van der Waals surface area (Å²) >= 11 is 0. The molecule has 0 aromatic heterocycles. The van der Waals surface area contributed by atoms with Gasteiger partial charge in [0.05, 0.1) is 148 Å². The molecule has 0 radical (unpaired) electrons. The number of nitrogen functional groups attached to an aromatic ring is 1. The number of benzene rings is 10. The lowest BCUT2D eigenvalue weighted by atomic mass is 10.2. The van der Waals surface area contributed by atoms with E-state index in [1.54, 1.807) is 133 Å². The zero-order valence-corrected chi connectivity index (χ0v) is 85.8. The topological polar surface area (TPSA) is 583 Å². The molecule has 48 heteroatoms. The maximum Gasteiger partial charge on any atom is 0.338 e. The number of nitrogens with two attached hydrogens (primary N) is 1. The van der Waals surface area contributed by atoms with E-state index in [1.807, 2.05) is 34.6 Å². The fourth-order valence-electron chi connectivity index (χ4n) is 11.6. The molecule has 0 fully saturated rings. The van der Waals surface area contributed by atoms with Crippen molar-refractivity contribution in [3.63, 3.8) is 0 Å². The number of carbonyl (C=O) groups is 10. The van der Waals surface area contributed by atoms with Crippen LogP contribution in [0.25, 0.3) is 0 Å². The van der Waals surface area contributed by atoms with Crippen molar-refractivity contribution < 1.29 is 171 Å². The van der Waals surface area contributed by atoms with Crippen LogP contribution in [-0.4, -0.2) is 240 Å². The third-order valence-corrected chi connectivity index (χ3v) is 25.6. The maximum absolute atomic E-state index is 12.0. The van der Waals surface area contributed by atoms with Crippen molar-refractivity contribution in [1.82, 2.24) is 0 Å². The number of carbonyl (C=O) groups excluding carboxylic acids is 10. The second-order valence-electron chi connectivity index (χ2n) is 30.3. The van der Waals surface area contributed by atoms with Crippen LogP contribution in [0.3, 0.4) is 0 Å². The molecule has 0 saturated carbocycles. The standard InChI is InChI=1S/C24H20N2O7.2C18H22O7S2.2C10H7NO3.C7H7ClO2S.C6H7NO.C4H2O3.C4H10O3.CH3F/c27-21-9-10-22(28)25(21)17-1-5-19(6-2-17)32-15-13-31-14-16-33-20-7-3-18(4-8-20)26-23(29)11-12-24(26)30;2*1-15-3-7-17(8-4-15)26(19,20)24-13-11-23-12-14-25-27(21,22)18-9-5-16(2)6-10-18;2*12-8-3-1-7(2-4-8)11-9(13)5-6-10(11)14;1-6-2-4-7(5-3-6)11(8,9)10;7-5-1-3-6(8)4-2-5;5-3-1-2-4(6)7-3;5-1-3-7-4-2-6;1-2/h1-12H,13-16H2;2*3-10H,11-14H2,1-2H3;2*1-6,12H;2-5H,1H3;1-4,8H,7H2;1-2H;5-6H,1-4H2;1H3/i;;;;;;;;;1D. The third kappa shape index (κ3) is 43.8. The number of hydrogen-bond acceptors (Lipinski definition) is 37. The van der Waals surface area contributed by atoms with Gasteiger partial charge in [0.1, 0.15) is 42.0 Å². The molecule has 0 saturated heterocycles. The summed E-state index contributed by atoms with van der Waals surface area (Å²) in [5.74, 6) is -2.43. The molecule has 41 nitrogen and oxygen atoms in total. The second kappa shape index (κ2) is 63.0. The van der Waals surface area contributed by atoms with Gasteiger partial charge in [0.25, 0.3) is 96.8 Å². The van der Waals surface area contributed by atoms with Crippen molar-refractivity contribution in [2.75, 3.05) is 138 Å². The fourth-order valence-corrected chi connectivity index (χ4v) is 15.9. The highest BCUT2D eigenvalue weighted by Gasteiger charge is 2.30. The Labute approximate surface area is 870 Å². The number of phenols is 3. The number of phenolic OH excluding ortho intramolecular Hbond substituents is 3. The summed E-state index contributed by atoms with van der Waals surface area (Å²) in [6.45, 7) is 10.6. The number of alkyl halides is 1. The van der Waals surface area contributed by atoms with Gasteiger partial charge in [0.15, 0.2) is 0 Å². The van der Waals surface area contributed by atoms with E-state index < -0.39 is 68.6 Å². The lowest BCUT2D eigenvalue weighted by Crippen LogP contribution is -2.29. The SMILES string of the molecule is Cc1ccc(S(=O)(=O)Cl)cc1.Cc1ccc(S(=O)(=O)OCCOCCOS(=O)(=O)c2ccc(C)cc2)cc1.Cc1ccc(S(=O)(=O)OCCOCCOS(=O)(=O)c2ccc(C)cc2)cc1.Nc1ccc(O)cc1.O=C1C=CC(=O)N1c1ccc(O)cc1.O=C1C=CC(=O)N1c1ccc(O)cc1.O=C1C=CC(=O)N1c1ccc(OCCOCCOc2ccc(N3C(=O)C=CC3=O)cc2)cc1.O=C1C=CC(=O)O1.OCCOCCO.[2H]CF. The number of halogens is 2. The van der Waals surface area contributed by atoms with Crippen molar-refractivity contribution in [2.45, 2.75) is 59.1 Å². The van der Waals surface area contributed by atoms with Gasteiger partial charge in [-0.05, 0) is 217 Å². The molecule has 800 valence electrons. The monoisotopic (exact) mass is 2190 g/mol. The Balaban J connectivity index is 0.000000271. The van der Waals surface area contributed by atoms with Crippen LogP contribution < -0.4 is 34.8 Å². The number of rotatable bonds is 37. The number of cyclic esters (lactones) is 2. The first-order chi connectivity index (χ1) is 71.7. The molecule has 10 aromatic carbocycles. The van der Waals surface area contributed by atoms with E-state index in [4.69, 9.17) is 83.7 Å². The fraction of sp³-hybridized carbons (Fsp3) is 0.216. The van der Waals surface area contributed by atoms with E-state index in [9.17, 15) is 94.4 Å². The van der Waals surface area contributed by atoms with Crippen molar-refractivity contribution in [3.05, 3.63) is 331 Å². The minimum atomic E-state index is -3.84. The number of aromatic hydroxyl groups is 3. The van der Waals surface area contributed by atoms with Gasteiger partial charge < -0.3 is 64.4 Å². The van der Waals surface area contributed by atoms with E-state index in [1.165, 1.54) is 158 Å². The smallest absolute Gasteiger partial charge is 0.338 e. The van der Waals surface area contributed by atoms with E-state index in [0.717, 1.165) is 59.6 Å². The molecule has 0 atom stereocenters. The van der Waals surface area contributed by atoms with Crippen molar-refractivity contribution >= 4 is 148 Å². The summed E-state index contributed by atoms with van der Waals surface area (Å²) in [7, 11) is -14.8. The Hall–Kier alpha value is -15.0. The molecule has 0 aliphatic carbocycles. The molecule has 5 aliphatic rings. The zero-order chi connectivity index (χ0) is 111. The van der Waals surface area contributed by atoms with Crippen LogP contribution >= 0.6 is 10.7 Å². The molecular weight excluding hydrogens is 2090 g/mol. The summed E-state index contributed by atoms with van der Waals surface area (Å²) in [5, 5.41) is 42.9. The van der Waals surface area contributed by atoms with Crippen LogP contribution in [0, 0.1) is 34.6 Å². The van der Waals surface area contributed by atoms with Crippen LogP contribution in [0.4, 0.5) is 32.8 Å². The number of aliphatic hydroxyl groups excluding tert-OH is 2. The molecule has 8 amide bonds. The first-order valence-corrected chi connectivity index (χ1v) is 52.2. The number of aliphatic hydroxyl groups is 2. The maximum atomic E-state index is 12.0. The Morgan fingerprint density at radius 3 is 0.673 bits per heavy atom. The third-order valence-electron chi connectivity index (χ3n) is 19.0. The Morgan fingerprint density at radius 1 is 0.287 bits per heavy atom. The average molecular weight is 2190 g/mol. The largest absolute Gasteiger partial charge is 0.508 e. The molecule has 0 unspecified atom stereocenters. The normalized spacial score (nSPS) is 13.3. The second-order valence-corrected chi connectivity index (χ2v) is 39.3. The van der Waals surface area contributed by atoms with Gasteiger partial charge in [-0.1, -0.05) is 88.5 Å². The lowest BCUT2D eigenvalue weighted by Gasteiger charge is -2.15. The highest BCUT2D eigenvalue weighted by molar-refractivity contribution is 8.13. The number of esters is 2. The number of aryl methyl sites for hydroxylation is 5. The van der Waals surface area contributed by atoms with Gasteiger partial charge in [-0.25, -0.2) is 37.6 Å². The van der Waals surface area contributed by atoms with Gasteiger partial charge in [-0.15, -0.1) is 0 Å². The van der Waals surface area contributed by atoms with Crippen molar-refractivity contribution in [1.29, 1.82) is 0 Å². The van der Waals surface area contributed by atoms with Crippen LogP contribution in [0.2, 0.25) is 0 Å². The minimum absolute atomic E-state index is 0.0149. The summed E-state index contributed by atoms with van der Waals surface area (Å²) in [6, 6.07) is 63.0. The molecular formula is C102H107ClFN5O36S5.